The lowest BCUT2D eigenvalue weighted by Crippen LogP contribution is -2.35. The van der Waals surface area contributed by atoms with E-state index in [0.717, 1.165) is 0 Å². The molecule has 0 bridgehead atoms. The number of nitrogens with zero attached hydrogens (tertiary/aromatic N) is 2. The normalized spacial score (nSPS) is 11.5. The van der Waals surface area contributed by atoms with Gasteiger partial charge in [0.15, 0.2) is 0 Å². The molecule has 2 nitrogen and oxygen atoms in total. The maximum atomic E-state index is 2.53. The lowest BCUT2D eigenvalue weighted by molar-refractivity contribution is 0.221. The zero-order chi connectivity index (χ0) is 10.1. The highest BCUT2D eigenvalue weighted by Gasteiger charge is 2.03. The highest BCUT2D eigenvalue weighted by molar-refractivity contribution is 4.59. The van der Waals surface area contributed by atoms with Gasteiger partial charge in [-0.05, 0) is 32.6 Å². The van der Waals surface area contributed by atoms with E-state index in [2.05, 4.69) is 37.5 Å². The van der Waals surface area contributed by atoms with Crippen LogP contribution in [0.25, 0.3) is 0 Å². The Morgan fingerprint density at radius 2 is 1.08 bits per heavy atom. The first-order valence-electron chi connectivity index (χ1n) is 5.73. The molecular weight excluding hydrogens is 160 g/mol. The van der Waals surface area contributed by atoms with Crippen molar-refractivity contribution in [2.45, 2.75) is 34.1 Å². The van der Waals surface area contributed by atoms with Crippen LogP contribution < -0.4 is 0 Å². The molecule has 0 unspecified atom stereocenters. The van der Waals surface area contributed by atoms with Gasteiger partial charge in [0.1, 0.15) is 0 Å². The standard InChI is InChI=1S/C11H26N2/c1-5-9-13(8-4)11-10-12(6-2)7-3/h5-11H2,1-4H3. The van der Waals surface area contributed by atoms with E-state index in [4.69, 9.17) is 0 Å². The summed E-state index contributed by atoms with van der Waals surface area (Å²) in [6, 6.07) is 0. The van der Waals surface area contributed by atoms with Gasteiger partial charge in [0.05, 0.1) is 0 Å². The SMILES string of the molecule is CCCN(CC)CCN(CC)CC. The van der Waals surface area contributed by atoms with Crippen molar-refractivity contribution in [2.24, 2.45) is 0 Å². The summed E-state index contributed by atoms with van der Waals surface area (Å²) in [4.78, 5) is 5.01. The van der Waals surface area contributed by atoms with E-state index in [1.165, 1.54) is 45.7 Å². The average Bonchev–Trinajstić information content (AvgIpc) is 2.17. The summed E-state index contributed by atoms with van der Waals surface area (Å²) >= 11 is 0. The highest BCUT2D eigenvalue weighted by Crippen LogP contribution is 1.93. The molecule has 0 fully saturated rings. The van der Waals surface area contributed by atoms with E-state index in [1.54, 1.807) is 0 Å². The van der Waals surface area contributed by atoms with E-state index in [-0.39, 0.29) is 0 Å². The van der Waals surface area contributed by atoms with Crippen molar-refractivity contribution in [3.05, 3.63) is 0 Å². The predicted octanol–water partition coefficient (Wildman–Crippen LogP) is 2.06. The summed E-state index contributed by atoms with van der Waals surface area (Å²) in [5.41, 5.74) is 0. The first kappa shape index (κ1) is 12.9. The lowest BCUT2D eigenvalue weighted by atomic mass is 10.3. The fourth-order valence-electron chi connectivity index (χ4n) is 1.57. The fourth-order valence-corrected chi connectivity index (χ4v) is 1.57. The molecule has 0 N–H and O–H groups in total. The van der Waals surface area contributed by atoms with Crippen LogP contribution in [0.5, 0.6) is 0 Å². The number of hydrogen-bond acceptors (Lipinski definition) is 2. The molecule has 0 rings (SSSR count). The smallest absolute Gasteiger partial charge is 0.0109 e. The Bertz CT molecular complexity index is 100. The van der Waals surface area contributed by atoms with Gasteiger partial charge in [-0.3, -0.25) is 0 Å². The summed E-state index contributed by atoms with van der Waals surface area (Å²) in [6.07, 6.45) is 1.27. The summed E-state index contributed by atoms with van der Waals surface area (Å²) in [6.45, 7) is 16.2. The third-order valence-corrected chi connectivity index (χ3v) is 2.61. The van der Waals surface area contributed by atoms with Gasteiger partial charge in [-0.2, -0.15) is 0 Å². The van der Waals surface area contributed by atoms with Crippen LogP contribution >= 0.6 is 0 Å². The van der Waals surface area contributed by atoms with Crippen molar-refractivity contribution in [3.63, 3.8) is 0 Å². The van der Waals surface area contributed by atoms with E-state index >= 15 is 0 Å². The van der Waals surface area contributed by atoms with Gasteiger partial charge < -0.3 is 9.80 Å². The second-order valence-electron chi connectivity index (χ2n) is 3.46. The molecule has 2 heteroatoms. The number of hydrogen-bond donors (Lipinski definition) is 0. The second-order valence-corrected chi connectivity index (χ2v) is 3.46. The molecule has 0 aliphatic carbocycles. The summed E-state index contributed by atoms with van der Waals surface area (Å²) < 4.78 is 0. The molecule has 80 valence electrons. The molecule has 0 spiro atoms. The van der Waals surface area contributed by atoms with Crippen LogP contribution in [-0.2, 0) is 0 Å². The van der Waals surface area contributed by atoms with Gasteiger partial charge >= 0.3 is 0 Å². The molecule has 0 heterocycles. The monoisotopic (exact) mass is 186 g/mol. The minimum absolute atomic E-state index is 1.18. The minimum Gasteiger partial charge on any atom is -0.303 e. The van der Waals surface area contributed by atoms with E-state index in [1.807, 2.05) is 0 Å². The van der Waals surface area contributed by atoms with Gasteiger partial charge in [-0.1, -0.05) is 27.7 Å². The molecule has 0 saturated carbocycles. The van der Waals surface area contributed by atoms with Crippen LogP contribution in [0.3, 0.4) is 0 Å². The molecule has 0 aromatic carbocycles. The zero-order valence-electron chi connectivity index (χ0n) is 9.84. The van der Waals surface area contributed by atoms with E-state index in [9.17, 15) is 0 Å². The maximum Gasteiger partial charge on any atom is 0.0109 e. The van der Waals surface area contributed by atoms with Gasteiger partial charge in [0, 0.05) is 13.1 Å². The zero-order valence-corrected chi connectivity index (χ0v) is 9.84. The fraction of sp³-hybridized carbons (Fsp3) is 1.00. The summed E-state index contributed by atoms with van der Waals surface area (Å²) in [7, 11) is 0. The average molecular weight is 186 g/mol. The van der Waals surface area contributed by atoms with E-state index in [0.29, 0.717) is 0 Å². The molecule has 0 aromatic rings. The Kier molecular flexibility index (Phi) is 8.46. The number of likely N-dealkylation sites (N-methyl/N-ethyl adjacent to an activating group) is 2. The van der Waals surface area contributed by atoms with Gasteiger partial charge in [0.25, 0.3) is 0 Å². The van der Waals surface area contributed by atoms with Crippen molar-refractivity contribution in [2.75, 3.05) is 39.3 Å². The first-order chi connectivity index (χ1) is 6.28. The highest BCUT2D eigenvalue weighted by atomic mass is 15.2. The molecule has 0 aliphatic rings. The maximum absolute atomic E-state index is 2.53. The third kappa shape index (κ3) is 6.05. The molecule has 0 radical (unpaired) electrons. The van der Waals surface area contributed by atoms with E-state index < -0.39 is 0 Å². The van der Waals surface area contributed by atoms with Crippen molar-refractivity contribution in [1.29, 1.82) is 0 Å². The topological polar surface area (TPSA) is 6.48 Å². The van der Waals surface area contributed by atoms with Crippen molar-refractivity contribution < 1.29 is 0 Å². The predicted molar refractivity (Wildman–Crippen MR) is 60.2 cm³/mol. The van der Waals surface area contributed by atoms with Crippen molar-refractivity contribution >= 4 is 0 Å². The van der Waals surface area contributed by atoms with Crippen molar-refractivity contribution in [1.82, 2.24) is 9.80 Å². The summed E-state index contributed by atoms with van der Waals surface area (Å²) in [5.74, 6) is 0. The molecule has 0 aromatic heterocycles. The Morgan fingerprint density at radius 1 is 0.615 bits per heavy atom. The van der Waals surface area contributed by atoms with Crippen LogP contribution in [0.1, 0.15) is 34.1 Å². The van der Waals surface area contributed by atoms with Gasteiger partial charge in [-0.25, -0.2) is 0 Å². The second kappa shape index (κ2) is 8.52. The molecule has 0 atom stereocenters. The van der Waals surface area contributed by atoms with Crippen LogP contribution in [0, 0.1) is 0 Å². The Balaban J connectivity index is 3.56. The van der Waals surface area contributed by atoms with Gasteiger partial charge in [-0.15, -0.1) is 0 Å². The van der Waals surface area contributed by atoms with Crippen LogP contribution in [0.15, 0.2) is 0 Å². The van der Waals surface area contributed by atoms with Gasteiger partial charge in [0.2, 0.25) is 0 Å². The summed E-state index contributed by atoms with van der Waals surface area (Å²) in [5, 5.41) is 0. The van der Waals surface area contributed by atoms with Crippen LogP contribution in [-0.4, -0.2) is 49.1 Å². The Labute approximate surface area is 83.9 Å². The third-order valence-electron chi connectivity index (χ3n) is 2.61. The lowest BCUT2D eigenvalue weighted by Gasteiger charge is -2.24. The molecule has 0 aliphatic heterocycles. The molecule has 13 heavy (non-hydrogen) atoms. The quantitative estimate of drug-likeness (QED) is 0.572. The van der Waals surface area contributed by atoms with Crippen molar-refractivity contribution in [3.8, 4) is 0 Å². The molecule has 0 amide bonds. The first-order valence-corrected chi connectivity index (χ1v) is 5.73. The minimum atomic E-state index is 1.18. The number of rotatable bonds is 8. The molecule has 0 saturated heterocycles. The van der Waals surface area contributed by atoms with Crippen LogP contribution in [0.2, 0.25) is 0 Å². The molecular formula is C11H26N2. The largest absolute Gasteiger partial charge is 0.303 e. The Morgan fingerprint density at radius 3 is 1.46 bits per heavy atom. The Hall–Kier alpha value is -0.0800. The van der Waals surface area contributed by atoms with Crippen LogP contribution in [0.4, 0.5) is 0 Å².